The zero-order valence-corrected chi connectivity index (χ0v) is 16.6. The van der Waals surface area contributed by atoms with Crippen molar-refractivity contribution in [3.63, 3.8) is 0 Å². The fourth-order valence-electron chi connectivity index (χ4n) is 3.22. The summed E-state index contributed by atoms with van der Waals surface area (Å²) in [6.07, 6.45) is 3.76. The molecular formula is C20H26N2O4S. The predicted molar refractivity (Wildman–Crippen MR) is 106 cm³/mol. The first kappa shape index (κ1) is 19.5. The number of anilines is 1. The van der Waals surface area contributed by atoms with E-state index in [1.54, 1.807) is 6.07 Å². The second-order valence-corrected chi connectivity index (χ2v) is 8.32. The minimum atomic E-state index is -3.64. The average Bonchev–Trinajstić information content (AvgIpc) is 2.72. The van der Waals surface area contributed by atoms with Gasteiger partial charge in [-0.3, -0.25) is 0 Å². The molecule has 0 unspecified atom stereocenters. The molecule has 0 spiro atoms. The molecule has 0 amide bonds. The summed E-state index contributed by atoms with van der Waals surface area (Å²) in [6, 6.07) is 12.6. The van der Waals surface area contributed by atoms with Crippen LogP contribution in [0.2, 0.25) is 0 Å². The van der Waals surface area contributed by atoms with Crippen LogP contribution in [0.4, 0.5) is 5.69 Å². The van der Waals surface area contributed by atoms with Crippen LogP contribution in [0.5, 0.6) is 11.5 Å². The normalized spacial score (nSPS) is 14.8. The quantitative estimate of drug-likeness (QED) is 0.786. The van der Waals surface area contributed by atoms with Gasteiger partial charge in [0.05, 0.1) is 19.1 Å². The van der Waals surface area contributed by atoms with E-state index in [1.165, 1.54) is 51.3 Å². The Morgan fingerprint density at radius 1 is 0.926 bits per heavy atom. The van der Waals surface area contributed by atoms with Crippen LogP contribution in [0.15, 0.2) is 47.4 Å². The van der Waals surface area contributed by atoms with Crippen molar-refractivity contribution in [1.82, 2.24) is 4.72 Å². The molecule has 0 bridgehead atoms. The third kappa shape index (κ3) is 4.73. The maximum atomic E-state index is 12.6. The molecular weight excluding hydrogens is 364 g/mol. The van der Waals surface area contributed by atoms with E-state index >= 15 is 0 Å². The van der Waals surface area contributed by atoms with E-state index in [9.17, 15) is 8.42 Å². The maximum absolute atomic E-state index is 12.6. The Morgan fingerprint density at radius 2 is 1.59 bits per heavy atom. The van der Waals surface area contributed by atoms with Gasteiger partial charge in [-0.1, -0.05) is 12.1 Å². The molecule has 2 aromatic rings. The van der Waals surface area contributed by atoms with Crippen molar-refractivity contribution in [2.75, 3.05) is 32.2 Å². The molecule has 1 saturated heterocycles. The Bertz CT molecular complexity index is 860. The van der Waals surface area contributed by atoms with Gasteiger partial charge in [0.1, 0.15) is 0 Å². The molecule has 7 heteroatoms. The summed E-state index contributed by atoms with van der Waals surface area (Å²) in [4.78, 5) is 2.52. The number of ether oxygens (including phenoxy) is 2. The third-order valence-corrected chi connectivity index (χ3v) is 6.19. The molecule has 27 heavy (non-hydrogen) atoms. The number of hydrogen-bond donors (Lipinski definition) is 1. The second kappa shape index (κ2) is 8.63. The molecule has 146 valence electrons. The Balaban J connectivity index is 1.66. The summed E-state index contributed by atoms with van der Waals surface area (Å²) in [5, 5.41) is 0. The standard InChI is InChI=1S/C20H26N2O4S/c1-25-19-11-10-18(14-20(19)26-2)27(23,24)21-15-16-6-8-17(9-7-16)22-12-4-3-5-13-22/h6-11,14,21H,3-5,12-13,15H2,1-2H3. The predicted octanol–water partition coefficient (Wildman–Crippen LogP) is 3.17. The van der Waals surface area contributed by atoms with Gasteiger partial charge in [0.2, 0.25) is 10.0 Å². The number of piperidine rings is 1. The van der Waals surface area contributed by atoms with Crippen LogP contribution in [-0.4, -0.2) is 35.7 Å². The Hall–Kier alpha value is -2.25. The smallest absolute Gasteiger partial charge is 0.241 e. The topological polar surface area (TPSA) is 67.9 Å². The molecule has 0 aliphatic carbocycles. The molecule has 1 N–H and O–H groups in total. The first-order valence-electron chi connectivity index (χ1n) is 9.09. The molecule has 1 heterocycles. The number of nitrogens with one attached hydrogen (secondary N) is 1. The SMILES string of the molecule is COc1ccc(S(=O)(=O)NCc2ccc(N3CCCCC3)cc2)cc1OC. The fraction of sp³-hybridized carbons (Fsp3) is 0.400. The molecule has 0 radical (unpaired) electrons. The Morgan fingerprint density at radius 3 is 2.22 bits per heavy atom. The molecule has 0 saturated carbocycles. The first-order valence-corrected chi connectivity index (χ1v) is 10.6. The lowest BCUT2D eigenvalue weighted by atomic mass is 10.1. The van der Waals surface area contributed by atoms with Gasteiger partial charge >= 0.3 is 0 Å². The third-order valence-electron chi connectivity index (χ3n) is 4.79. The lowest BCUT2D eigenvalue weighted by molar-refractivity contribution is 0.354. The number of methoxy groups -OCH3 is 2. The van der Waals surface area contributed by atoms with Gasteiger partial charge in [0.25, 0.3) is 0 Å². The van der Waals surface area contributed by atoms with Crippen molar-refractivity contribution in [3.05, 3.63) is 48.0 Å². The van der Waals surface area contributed by atoms with Crippen LogP contribution in [0.1, 0.15) is 24.8 Å². The van der Waals surface area contributed by atoms with Crippen molar-refractivity contribution in [3.8, 4) is 11.5 Å². The van der Waals surface area contributed by atoms with Crippen LogP contribution < -0.4 is 19.1 Å². The van der Waals surface area contributed by atoms with E-state index in [-0.39, 0.29) is 11.4 Å². The van der Waals surface area contributed by atoms with Gasteiger partial charge in [-0.15, -0.1) is 0 Å². The van der Waals surface area contributed by atoms with E-state index in [0.29, 0.717) is 11.5 Å². The maximum Gasteiger partial charge on any atom is 0.241 e. The highest BCUT2D eigenvalue weighted by molar-refractivity contribution is 7.89. The minimum Gasteiger partial charge on any atom is -0.493 e. The summed E-state index contributed by atoms with van der Waals surface area (Å²) in [5.74, 6) is 0.871. The van der Waals surface area contributed by atoms with Gasteiger partial charge in [-0.25, -0.2) is 13.1 Å². The number of nitrogens with zero attached hydrogens (tertiary/aromatic N) is 1. The molecule has 0 aromatic heterocycles. The molecule has 1 fully saturated rings. The highest BCUT2D eigenvalue weighted by Gasteiger charge is 2.17. The van der Waals surface area contributed by atoms with Gasteiger partial charge in [0, 0.05) is 31.4 Å². The summed E-state index contributed by atoms with van der Waals surface area (Å²) in [5.41, 5.74) is 2.11. The molecule has 1 aliphatic heterocycles. The summed E-state index contributed by atoms with van der Waals surface area (Å²) < 4.78 is 38.1. The lowest BCUT2D eigenvalue weighted by Gasteiger charge is -2.28. The van der Waals surface area contributed by atoms with Gasteiger partial charge in [-0.05, 0) is 49.1 Å². The molecule has 1 aliphatic rings. The van der Waals surface area contributed by atoms with Crippen LogP contribution >= 0.6 is 0 Å². The summed E-state index contributed by atoms with van der Waals surface area (Å²) in [6.45, 7) is 2.41. The second-order valence-electron chi connectivity index (χ2n) is 6.56. The lowest BCUT2D eigenvalue weighted by Crippen LogP contribution is -2.29. The Labute approximate surface area is 161 Å². The van der Waals surface area contributed by atoms with Gasteiger partial charge in [0.15, 0.2) is 11.5 Å². The van der Waals surface area contributed by atoms with E-state index in [1.807, 2.05) is 12.1 Å². The summed E-state index contributed by atoms with van der Waals surface area (Å²) in [7, 11) is -0.653. The van der Waals surface area contributed by atoms with Crippen LogP contribution in [0.25, 0.3) is 0 Å². The minimum absolute atomic E-state index is 0.144. The van der Waals surface area contributed by atoms with E-state index in [4.69, 9.17) is 9.47 Å². The molecule has 3 rings (SSSR count). The first-order chi connectivity index (χ1) is 13.0. The van der Waals surface area contributed by atoms with E-state index in [0.717, 1.165) is 18.7 Å². The average molecular weight is 391 g/mol. The highest BCUT2D eigenvalue weighted by atomic mass is 32.2. The van der Waals surface area contributed by atoms with Crippen molar-refractivity contribution < 1.29 is 17.9 Å². The molecule has 0 atom stereocenters. The number of rotatable bonds is 7. The van der Waals surface area contributed by atoms with Crippen LogP contribution in [0.3, 0.4) is 0 Å². The molecule has 6 nitrogen and oxygen atoms in total. The van der Waals surface area contributed by atoms with Crippen molar-refractivity contribution in [2.24, 2.45) is 0 Å². The van der Waals surface area contributed by atoms with Crippen molar-refractivity contribution in [2.45, 2.75) is 30.7 Å². The van der Waals surface area contributed by atoms with Gasteiger partial charge < -0.3 is 14.4 Å². The largest absolute Gasteiger partial charge is 0.493 e. The zero-order chi connectivity index (χ0) is 19.3. The molecule has 2 aromatic carbocycles. The van der Waals surface area contributed by atoms with E-state index < -0.39 is 10.0 Å². The van der Waals surface area contributed by atoms with Gasteiger partial charge in [-0.2, -0.15) is 0 Å². The van der Waals surface area contributed by atoms with Crippen LogP contribution in [0, 0.1) is 0 Å². The Kier molecular flexibility index (Phi) is 6.23. The van der Waals surface area contributed by atoms with E-state index in [2.05, 4.69) is 21.8 Å². The summed E-state index contributed by atoms with van der Waals surface area (Å²) >= 11 is 0. The van der Waals surface area contributed by atoms with Crippen molar-refractivity contribution >= 4 is 15.7 Å². The fourth-order valence-corrected chi connectivity index (χ4v) is 4.25. The van der Waals surface area contributed by atoms with Crippen molar-refractivity contribution in [1.29, 1.82) is 0 Å². The van der Waals surface area contributed by atoms with Crippen LogP contribution in [-0.2, 0) is 16.6 Å². The number of sulfonamides is 1. The zero-order valence-electron chi connectivity index (χ0n) is 15.8. The monoisotopic (exact) mass is 390 g/mol. The number of benzene rings is 2. The highest BCUT2D eigenvalue weighted by Crippen LogP contribution is 2.29. The number of hydrogen-bond acceptors (Lipinski definition) is 5.